The first-order valence-corrected chi connectivity index (χ1v) is 7.40. The molecule has 2 aromatic rings. The fourth-order valence-electron chi connectivity index (χ4n) is 1.65. The van der Waals surface area contributed by atoms with Gasteiger partial charge in [0.2, 0.25) is 5.91 Å². The van der Waals surface area contributed by atoms with Crippen molar-refractivity contribution in [3.63, 3.8) is 0 Å². The molecule has 0 atom stereocenters. The zero-order chi connectivity index (χ0) is 15.5. The molecule has 0 aliphatic heterocycles. The molecule has 0 aliphatic carbocycles. The monoisotopic (exact) mass is 304 g/mol. The van der Waals surface area contributed by atoms with Gasteiger partial charge in [-0.2, -0.15) is 0 Å². The Balaban J connectivity index is 2.26. The van der Waals surface area contributed by atoms with Gasteiger partial charge in [-0.1, -0.05) is 24.3 Å². The van der Waals surface area contributed by atoms with Crippen LogP contribution in [0, 0.1) is 0 Å². The summed E-state index contributed by atoms with van der Waals surface area (Å²) in [6.07, 6.45) is 0. The third kappa shape index (κ3) is 3.46. The van der Waals surface area contributed by atoms with Crippen LogP contribution in [0.3, 0.4) is 0 Å². The van der Waals surface area contributed by atoms with E-state index >= 15 is 0 Å². The molecule has 21 heavy (non-hydrogen) atoms. The number of rotatable bonds is 4. The number of nitrogens with one attached hydrogen (secondary N) is 1. The van der Waals surface area contributed by atoms with Crippen LogP contribution in [0.4, 0.5) is 0 Å². The molecule has 3 N–H and O–H groups in total. The molecule has 108 valence electrons. The Morgan fingerprint density at radius 3 is 2.14 bits per heavy atom. The van der Waals surface area contributed by atoms with Gasteiger partial charge < -0.3 is 5.73 Å². The van der Waals surface area contributed by atoms with Gasteiger partial charge in [-0.3, -0.25) is 9.59 Å². The summed E-state index contributed by atoms with van der Waals surface area (Å²) in [5, 5.41) is 0. The highest BCUT2D eigenvalue weighted by atomic mass is 32.2. The van der Waals surface area contributed by atoms with Gasteiger partial charge in [0, 0.05) is 11.1 Å². The van der Waals surface area contributed by atoms with E-state index in [1.807, 2.05) is 4.72 Å². The molecule has 0 aliphatic rings. The second-order valence-electron chi connectivity index (χ2n) is 4.19. The number of amides is 2. The smallest absolute Gasteiger partial charge is 0.265 e. The van der Waals surface area contributed by atoms with Crippen LogP contribution < -0.4 is 10.5 Å². The number of carbonyl (C=O) groups excluding carboxylic acids is 2. The van der Waals surface area contributed by atoms with Crippen LogP contribution >= 0.6 is 0 Å². The molecular weight excluding hydrogens is 292 g/mol. The topological polar surface area (TPSA) is 106 Å². The van der Waals surface area contributed by atoms with Crippen molar-refractivity contribution >= 4 is 21.8 Å². The molecule has 0 saturated heterocycles. The molecule has 0 aromatic heterocycles. The van der Waals surface area contributed by atoms with Gasteiger partial charge in [-0.15, -0.1) is 0 Å². The second kappa shape index (κ2) is 5.76. The van der Waals surface area contributed by atoms with E-state index in [1.165, 1.54) is 36.4 Å². The summed E-state index contributed by atoms with van der Waals surface area (Å²) in [7, 11) is -3.96. The molecule has 0 spiro atoms. The fraction of sp³-hybridized carbons (Fsp3) is 0. The fourth-order valence-corrected chi connectivity index (χ4v) is 2.65. The number of carbonyl (C=O) groups is 2. The second-order valence-corrected chi connectivity index (χ2v) is 5.88. The van der Waals surface area contributed by atoms with Gasteiger partial charge in [-0.05, 0) is 30.3 Å². The summed E-state index contributed by atoms with van der Waals surface area (Å²) in [6.45, 7) is 0. The summed E-state index contributed by atoms with van der Waals surface area (Å²) in [5.74, 6) is -1.53. The lowest BCUT2D eigenvalue weighted by Crippen LogP contribution is -2.30. The van der Waals surface area contributed by atoms with E-state index in [4.69, 9.17) is 5.73 Å². The highest BCUT2D eigenvalue weighted by molar-refractivity contribution is 7.90. The molecule has 0 radical (unpaired) electrons. The van der Waals surface area contributed by atoms with E-state index in [0.717, 1.165) is 0 Å². The Labute approximate surface area is 121 Å². The standard InChI is InChI=1S/C14H12N2O4S/c15-13(17)10-5-4-6-11(9-10)14(18)16-21(19,20)12-7-2-1-3-8-12/h1-9H,(H2,15,17)(H,16,18). The van der Waals surface area contributed by atoms with Crippen LogP contribution in [0.25, 0.3) is 0 Å². The van der Waals surface area contributed by atoms with Gasteiger partial charge in [-0.25, -0.2) is 13.1 Å². The predicted molar refractivity (Wildman–Crippen MR) is 76.1 cm³/mol. The maximum Gasteiger partial charge on any atom is 0.265 e. The zero-order valence-electron chi connectivity index (χ0n) is 10.8. The van der Waals surface area contributed by atoms with Gasteiger partial charge >= 0.3 is 0 Å². The van der Waals surface area contributed by atoms with Gasteiger partial charge in [0.25, 0.3) is 15.9 Å². The van der Waals surface area contributed by atoms with Crippen molar-refractivity contribution in [3.8, 4) is 0 Å². The molecular formula is C14H12N2O4S. The van der Waals surface area contributed by atoms with Gasteiger partial charge in [0.05, 0.1) is 4.90 Å². The highest BCUT2D eigenvalue weighted by Gasteiger charge is 2.18. The average molecular weight is 304 g/mol. The summed E-state index contributed by atoms with van der Waals surface area (Å²) in [4.78, 5) is 23.0. The van der Waals surface area contributed by atoms with E-state index in [2.05, 4.69) is 0 Å². The molecule has 6 nitrogen and oxygen atoms in total. The minimum absolute atomic E-state index is 0.0237. The maximum atomic E-state index is 12.0. The van der Waals surface area contributed by atoms with Crippen molar-refractivity contribution < 1.29 is 18.0 Å². The first kappa shape index (κ1) is 14.7. The lowest BCUT2D eigenvalue weighted by atomic mass is 10.1. The van der Waals surface area contributed by atoms with E-state index in [0.29, 0.717) is 0 Å². The van der Waals surface area contributed by atoms with Crippen molar-refractivity contribution in [2.75, 3.05) is 0 Å². The normalized spacial score (nSPS) is 10.9. The number of benzene rings is 2. The Hall–Kier alpha value is -2.67. The first-order chi connectivity index (χ1) is 9.90. The third-order valence-electron chi connectivity index (χ3n) is 2.69. The lowest BCUT2D eigenvalue weighted by Gasteiger charge is -2.07. The molecule has 0 bridgehead atoms. The Kier molecular flexibility index (Phi) is 4.04. The number of sulfonamides is 1. The maximum absolute atomic E-state index is 12.0. The summed E-state index contributed by atoms with van der Waals surface area (Å²) in [5.41, 5.74) is 5.27. The number of primary amides is 1. The van der Waals surface area contributed by atoms with E-state index in [-0.39, 0.29) is 16.0 Å². The summed E-state index contributed by atoms with van der Waals surface area (Å²) in [6, 6.07) is 13.0. The van der Waals surface area contributed by atoms with Gasteiger partial charge in [0.15, 0.2) is 0 Å². The third-order valence-corrected chi connectivity index (χ3v) is 4.04. The van der Waals surface area contributed by atoms with Crippen molar-refractivity contribution in [2.24, 2.45) is 5.73 Å². The van der Waals surface area contributed by atoms with Crippen LogP contribution in [0.5, 0.6) is 0 Å². The number of hydrogen-bond acceptors (Lipinski definition) is 4. The zero-order valence-corrected chi connectivity index (χ0v) is 11.6. The average Bonchev–Trinajstić information content (AvgIpc) is 2.48. The van der Waals surface area contributed by atoms with Crippen molar-refractivity contribution in [2.45, 2.75) is 4.90 Å². The summed E-state index contributed by atoms with van der Waals surface area (Å²) >= 11 is 0. The van der Waals surface area contributed by atoms with Crippen molar-refractivity contribution in [1.29, 1.82) is 0 Å². The molecule has 0 fully saturated rings. The molecule has 0 unspecified atom stereocenters. The van der Waals surface area contributed by atoms with Crippen molar-refractivity contribution in [1.82, 2.24) is 4.72 Å². The molecule has 0 saturated carbocycles. The van der Waals surface area contributed by atoms with Crippen LogP contribution in [0.15, 0.2) is 59.5 Å². The minimum atomic E-state index is -3.96. The largest absolute Gasteiger partial charge is 0.366 e. The van der Waals surface area contributed by atoms with Crippen LogP contribution in [0.2, 0.25) is 0 Å². The molecule has 7 heteroatoms. The number of nitrogens with two attached hydrogens (primary N) is 1. The van der Waals surface area contributed by atoms with E-state index < -0.39 is 21.8 Å². The van der Waals surface area contributed by atoms with Crippen LogP contribution in [0.1, 0.15) is 20.7 Å². The first-order valence-electron chi connectivity index (χ1n) is 5.92. The Bertz CT molecular complexity index is 786. The number of hydrogen-bond donors (Lipinski definition) is 2. The van der Waals surface area contributed by atoms with E-state index in [1.54, 1.807) is 18.2 Å². The van der Waals surface area contributed by atoms with E-state index in [9.17, 15) is 18.0 Å². The summed E-state index contributed by atoms with van der Waals surface area (Å²) < 4.78 is 26.0. The highest BCUT2D eigenvalue weighted by Crippen LogP contribution is 2.10. The van der Waals surface area contributed by atoms with Crippen LogP contribution in [-0.2, 0) is 10.0 Å². The van der Waals surface area contributed by atoms with Crippen LogP contribution in [-0.4, -0.2) is 20.2 Å². The van der Waals surface area contributed by atoms with Crippen molar-refractivity contribution in [3.05, 3.63) is 65.7 Å². The predicted octanol–water partition coefficient (Wildman–Crippen LogP) is 0.904. The van der Waals surface area contributed by atoms with Gasteiger partial charge in [0.1, 0.15) is 0 Å². The Morgan fingerprint density at radius 2 is 1.52 bits per heavy atom. The lowest BCUT2D eigenvalue weighted by molar-refractivity contribution is 0.0981. The molecule has 2 aromatic carbocycles. The molecule has 2 rings (SSSR count). The molecule has 0 heterocycles. The Morgan fingerprint density at radius 1 is 0.905 bits per heavy atom. The SMILES string of the molecule is NC(=O)c1cccc(C(=O)NS(=O)(=O)c2ccccc2)c1. The quantitative estimate of drug-likeness (QED) is 0.875. The minimum Gasteiger partial charge on any atom is -0.366 e. The molecule has 2 amide bonds.